The molecule has 1 heterocycles. The maximum atomic E-state index is 12.5. The molecule has 2 amide bonds. The normalized spacial score (nSPS) is 14.3. The van der Waals surface area contributed by atoms with E-state index >= 15 is 0 Å². The Labute approximate surface area is 170 Å². The number of carbonyl (C=O) groups excluding carboxylic acids is 3. The SMILES string of the molecule is CCOC(=O)c1ccc(NC(=O)C(=O)N2CCC(Cc3ccccc3)CC2)cc1. The fourth-order valence-electron chi connectivity index (χ4n) is 3.52. The van der Waals surface area contributed by atoms with Crippen LogP contribution in [0.4, 0.5) is 5.69 Å². The van der Waals surface area contributed by atoms with E-state index in [1.165, 1.54) is 5.56 Å². The van der Waals surface area contributed by atoms with E-state index in [0.29, 0.717) is 36.9 Å². The molecule has 0 aliphatic carbocycles. The van der Waals surface area contributed by atoms with Crippen molar-refractivity contribution in [1.82, 2.24) is 4.90 Å². The second-order valence-electron chi connectivity index (χ2n) is 7.18. The van der Waals surface area contributed by atoms with E-state index < -0.39 is 17.8 Å². The number of amides is 2. The van der Waals surface area contributed by atoms with E-state index in [9.17, 15) is 14.4 Å². The number of rotatable bonds is 5. The Morgan fingerprint density at radius 3 is 2.28 bits per heavy atom. The minimum Gasteiger partial charge on any atom is -0.462 e. The Hall–Kier alpha value is -3.15. The molecule has 6 heteroatoms. The number of piperidine rings is 1. The summed E-state index contributed by atoms with van der Waals surface area (Å²) < 4.78 is 4.93. The van der Waals surface area contributed by atoms with Gasteiger partial charge in [-0.15, -0.1) is 0 Å². The summed E-state index contributed by atoms with van der Waals surface area (Å²) in [6, 6.07) is 16.6. The minimum atomic E-state index is -0.657. The van der Waals surface area contributed by atoms with Crippen molar-refractivity contribution in [3.63, 3.8) is 0 Å². The average Bonchev–Trinajstić information content (AvgIpc) is 2.75. The minimum absolute atomic E-state index is 0.299. The maximum absolute atomic E-state index is 12.5. The zero-order valence-electron chi connectivity index (χ0n) is 16.6. The molecule has 0 saturated carbocycles. The van der Waals surface area contributed by atoms with Gasteiger partial charge >= 0.3 is 17.8 Å². The number of nitrogens with zero attached hydrogens (tertiary/aromatic N) is 1. The van der Waals surface area contributed by atoms with Gasteiger partial charge in [0.1, 0.15) is 0 Å². The van der Waals surface area contributed by atoms with Gasteiger partial charge in [-0.3, -0.25) is 9.59 Å². The van der Waals surface area contributed by atoms with Crippen LogP contribution in [0.15, 0.2) is 54.6 Å². The molecule has 0 bridgehead atoms. The number of carbonyl (C=O) groups is 3. The molecular weight excluding hydrogens is 368 g/mol. The lowest BCUT2D eigenvalue weighted by atomic mass is 9.90. The number of ether oxygens (including phenoxy) is 1. The smallest absolute Gasteiger partial charge is 0.338 e. The Morgan fingerprint density at radius 2 is 1.66 bits per heavy atom. The van der Waals surface area contributed by atoms with Crippen LogP contribution in [0.25, 0.3) is 0 Å². The average molecular weight is 394 g/mol. The monoisotopic (exact) mass is 394 g/mol. The number of esters is 1. The molecule has 2 aromatic carbocycles. The first-order valence-corrected chi connectivity index (χ1v) is 9.98. The number of nitrogens with one attached hydrogen (secondary N) is 1. The van der Waals surface area contributed by atoms with E-state index in [1.807, 2.05) is 18.2 Å². The molecule has 0 aromatic heterocycles. The van der Waals surface area contributed by atoms with Gasteiger partial charge in [-0.1, -0.05) is 30.3 Å². The number of likely N-dealkylation sites (tertiary alicyclic amines) is 1. The van der Waals surface area contributed by atoms with E-state index in [0.717, 1.165) is 19.3 Å². The molecule has 2 aromatic rings. The number of hydrogen-bond acceptors (Lipinski definition) is 4. The summed E-state index contributed by atoms with van der Waals surface area (Å²) in [4.78, 5) is 38.1. The van der Waals surface area contributed by atoms with Gasteiger partial charge in [0.2, 0.25) is 0 Å². The van der Waals surface area contributed by atoms with Gasteiger partial charge in [-0.05, 0) is 61.9 Å². The van der Waals surface area contributed by atoms with Crippen molar-refractivity contribution in [3.05, 3.63) is 65.7 Å². The summed E-state index contributed by atoms with van der Waals surface area (Å²) in [5.41, 5.74) is 2.17. The summed E-state index contributed by atoms with van der Waals surface area (Å²) in [7, 11) is 0. The van der Waals surface area contributed by atoms with Crippen LogP contribution in [0.1, 0.15) is 35.7 Å². The van der Waals surface area contributed by atoms with Crippen molar-refractivity contribution in [1.29, 1.82) is 0 Å². The maximum Gasteiger partial charge on any atom is 0.338 e. The van der Waals surface area contributed by atoms with Gasteiger partial charge in [0.05, 0.1) is 12.2 Å². The Kier molecular flexibility index (Phi) is 7.00. The zero-order valence-corrected chi connectivity index (χ0v) is 16.6. The third kappa shape index (κ3) is 5.67. The molecule has 0 spiro atoms. The highest BCUT2D eigenvalue weighted by molar-refractivity contribution is 6.39. The van der Waals surface area contributed by atoms with E-state index in [-0.39, 0.29) is 0 Å². The first-order chi connectivity index (χ1) is 14.1. The summed E-state index contributed by atoms with van der Waals surface area (Å²) in [5.74, 6) is -1.06. The van der Waals surface area contributed by atoms with Crippen LogP contribution in [0, 0.1) is 5.92 Å². The number of benzene rings is 2. The predicted molar refractivity (Wildman–Crippen MR) is 110 cm³/mol. The molecule has 1 aliphatic rings. The molecule has 3 rings (SSSR count). The van der Waals surface area contributed by atoms with Crippen LogP contribution < -0.4 is 5.32 Å². The van der Waals surface area contributed by atoms with Gasteiger partial charge in [0.25, 0.3) is 0 Å². The van der Waals surface area contributed by atoms with Crippen LogP contribution in [-0.4, -0.2) is 42.4 Å². The predicted octanol–water partition coefficient (Wildman–Crippen LogP) is 3.28. The topological polar surface area (TPSA) is 75.7 Å². The van der Waals surface area contributed by atoms with Gasteiger partial charge in [0.15, 0.2) is 0 Å². The Morgan fingerprint density at radius 1 is 1.00 bits per heavy atom. The van der Waals surface area contributed by atoms with Crippen molar-refractivity contribution in [3.8, 4) is 0 Å². The summed E-state index contributed by atoms with van der Waals surface area (Å²) in [6.45, 7) is 3.22. The molecule has 6 nitrogen and oxygen atoms in total. The van der Waals surface area contributed by atoms with Crippen LogP contribution >= 0.6 is 0 Å². The van der Waals surface area contributed by atoms with Gasteiger partial charge in [-0.25, -0.2) is 4.79 Å². The molecule has 1 saturated heterocycles. The second kappa shape index (κ2) is 9.87. The summed E-state index contributed by atoms with van der Waals surface area (Å²) in [6.07, 6.45) is 2.78. The molecule has 0 radical (unpaired) electrons. The van der Waals surface area contributed by atoms with Crippen LogP contribution in [-0.2, 0) is 20.7 Å². The Bertz CT molecular complexity index is 841. The molecule has 0 atom stereocenters. The second-order valence-corrected chi connectivity index (χ2v) is 7.18. The lowest BCUT2D eigenvalue weighted by Gasteiger charge is -2.31. The summed E-state index contributed by atoms with van der Waals surface area (Å²) >= 11 is 0. The zero-order chi connectivity index (χ0) is 20.6. The molecule has 1 fully saturated rings. The van der Waals surface area contributed by atoms with Crippen LogP contribution in [0.3, 0.4) is 0 Å². The molecule has 1 N–H and O–H groups in total. The van der Waals surface area contributed by atoms with Crippen LogP contribution in [0.2, 0.25) is 0 Å². The molecule has 152 valence electrons. The Balaban J connectivity index is 1.48. The van der Waals surface area contributed by atoms with E-state index in [2.05, 4.69) is 17.4 Å². The molecule has 0 unspecified atom stereocenters. The van der Waals surface area contributed by atoms with Gasteiger partial charge < -0.3 is 15.0 Å². The lowest BCUT2D eigenvalue weighted by molar-refractivity contribution is -0.144. The van der Waals surface area contributed by atoms with Gasteiger partial charge in [0, 0.05) is 18.8 Å². The fraction of sp³-hybridized carbons (Fsp3) is 0.348. The first-order valence-electron chi connectivity index (χ1n) is 9.98. The number of hydrogen-bond donors (Lipinski definition) is 1. The number of anilines is 1. The quantitative estimate of drug-likeness (QED) is 0.624. The van der Waals surface area contributed by atoms with Crippen molar-refractivity contribution in [2.75, 3.05) is 25.0 Å². The van der Waals surface area contributed by atoms with Crippen LogP contribution in [0.5, 0.6) is 0 Å². The van der Waals surface area contributed by atoms with Crippen molar-refractivity contribution >= 4 is 23.5 Å². The third-order valence-corrected chi connectivity index (χ3v) is 5.12. The van der Waals surface area contributed by atoms with E-state index in [1.54, 1.807) is 36.1 Å². The van der Waals surface area contributed by atoms with Crippen molar-refractivity contribution in [2.24, 2.45) is 5.92 Å². The highest BCUT2D eigenvalue weighted by Gasteiger charge is 2.27. The first kappa shape index (κ1) is 20.6. The van der Waals surface area contributed by atoms with Gasteiger partial charge in [-0.2, -0.15) is 0 Å². The molecular formula is C23H26N2O4. The van der Waals surface area contributed by atoms with Crippen molar-refractivity contribution in [2.45, 2.75) is 26.2 Å². The lowest BCUT2D eigenvalue weighted by Crippen LogP contribution is -2.44. The third-order valence-electron chi connectivity index (χ3n) is 5.12. The largest absolute Gasteiger partial charge is 0.462 e. The highest BCUT2D eigenvalue weighted by atomic mass is 16.5. The standard InChI is InChI=1S/C23H26N2O4/c1-2-29-23(28)19-8-10-20(11-9-19)24-21(26)22(27)25-14-12-18(13-15-25)16-17-6-4-3-5-7-17/h3-11,18H,2,12-16H2,1H3,(H,24,26). The van der Waals surface area contributed by atoms with Crippen molar-refractivity contribution < 1.29 is 19.1 Å². The highest BCUT2D eigenvalue weighted by Crippen LogP contribution is 2.22. The van der Waals surface area contributed by atoms with E-state index in [4.69, 9.17) is 4.74 Å². The summed E-state index contributed by atoms with van der Waals surface area (Å²) in [5, 5.41) is 2.61. The fourth-order valence-corrected chi connectivity index (χ4v) is 3.52. The molecule has 1 aliphatic heterocycles. The molecule has 29 heavy (non-hydrogen) atoms.